The predicted octanol–water partition coefficient (Wildman–Crippen LogP) is 3.11. The molecule has 0 spiro atoms. The molecule has 2 aromatic carbocycles. The summed E-state index contributed by atoms with van der Waals surface area (Å²) in [5.41, 5.74) is 2.13. The van der Waals surface area contributed by atoms with Gasteiger partial charge in [0.15, 0.2) is 5.13 Å². The molecular formula is C26H36N4O6S2. The Labute approximate surface area is 228 Å². The largest absolute Gasteiger partial charge is 0.494 e. The number of ether oxygens (including phenoxy) is 3. The third-order valence-electron chi connectivity index (χ3n) is 5.99. The van der Waals surface area contributed by atoms with Crippen LogP contribution in [0.1, 0.15) is 15.9 Å². The van der Waals surface area contributed by atoms with E-state index in [4.69, 9.17) is 19.2 Å². The number of rotatable bonds is 14. The lowest BCUT2D eigenvalue weighted by atomic mass is 10.2. The highest BCUT2D eigenvalue weighted by Gasteiger charge is 2.26. The van der Waals surface area contributed by atoms with Crippen molar-refractivity contribution < 1.29 is 27.4 Å². The first-order valence-corrected chi connectivity index (χ1v) is 14.4. The fourth-order valence-electron chi connectivity index (χ4n) is 3.78. The minimum Gasteiger partial charge on any atom is -0.494 e. The van der Waals surface area contributed by atoms with Gasteiger partial charge in [0, 0.05) is 46.0 Å². The molecule has 0 aliphatic rings. The molecule has 0 aliphatic heterocycles. The van der Waals surface area contributed by atoms with Crippen LogP contribution in [0, 0.1) is 6.92 Å². The minimum absolute atomic E-state index is 0.0986. The number of hydrogen-bond donors (Lipinski definition) is 0. The number of amides is 1. The van der Waals surface area contributed by atoms with Gasteiger partial charge in [-0.15, -0.1) is 0 Å². The zero-order chi connectivity index (χ0) is 27.9. The van der Waals surface area contributed by atoms with E-state index in [1.54, 1.807) is 24.1 Å². The summed E-state index contributed by atoms with van der Waals surface area (Å²) in [6.45, 7) is 3.94. The summed E-state index contributed by atoms with van der Waals surface area (Å²) >= 11 is 1.43. The van der Waals surface area contributed by atoms with Gasteiger partial charge in [0.05, 0.1) is 29.9 Å². The number of methoxy groups -OCH3 is 3. The average Bonchev–Trinajstić information content (AvgIpc) is 3.35. The van der Waals surface area contributed by atoms with E-state index in [0.29, 0.717) is 35.1 Å². The number of nitrogens with zero attached hydrogens (tertiary/aromatic N) is 4. The summed E-state index contributed by atoms with van der Waals surface area (Å²) in [4.78, 5) is 22.2. The van der Waals surface area contributed by atoms with Crippen LogP contribution in [0.15, 0.2) is 41.3 Å². The molecule has 0 bridgehead atoms. The van der Waals surface area contributed by atoms with Crippen LogP contribution in [-0.4, -0.2) is 103 Å². The lowest BCUT2D eigenvalue weighted by Gasteiger charge is -2.23. The number of anilines is 1. The van der Waals surface area contributed by atoms with Gasteiger partial charge >= 0.3 is 0 Å². The Morgan fingerprint density at radius 3 is 2.11 bits per heavy atom. The number of benzene rings is 2. The van der Waals surface area contributed by atoms with Gasteiger partial charge in [0.2, 0.25) is 10.0 Å². The third-order valence-corrected chi connectivity index (χ3v) is 9.11. The summed E-state index contributed by atoms with van der Waals surface area (Å²) in [7, 11) is 4.72. The fourth-order valence-corrected chi connectivity index (χ4v) is 6.26. The topological polar surface area (TPSA) is 102 Å². The zero-order valence-corrected chi connectivity index (χ0v) is 24.4. The Hall–Kier alpha value is -2.61. The molecule has 0 saturated carbocycles. The summed E-state index contributed by atoms with van der Waals surface area (Å²) in [6, 6.07) is 9.85. The summed E-state index contributed by atoms with van der Waals surface area (Å²) in [5.74, 6) is 0.385. The lowest BCUT2D eigenvalue weighted by Crippen LogP contribution is -2.37. The molecule has 0 saturated heterocycles. The fraction of sp³-hybridized carbons (Fsp3) is 0.462. The van der Waals surface area contributed by atoms with Crippen molar-refractivity contribution in [1.29, 1.82) is 0 Å². The molecule has 38 heavy (non-hydrogen) atoms. The van der Waals surface area contributed by atoms with Crippen molar-refractivity contribution in [2.24, 2.45) is 0 Å². The molecule has 1 aromatic heterocycles. The van der Waals surface area contributed by atoms with Crippen molar-refractivity contribution >= 4 is 42.6 Å². The Morgan fingerprint density at radius 2 is 1.55 bits per heavy atom. The average molecular weight is 565 g/mol. The molecule has 10 nitrogen and oxygen atoms in total. The number of hydrogen-bond acceptors (Lipinski definition) is 9. The van der Waals surface area contributed by atoms with E-state index in [0.717, 1.165) is 10.3 Å². The van der Waals surface area contributed by atoms with Crippen LogP contribution >= 0.6 is 11.3 Å². The predicted molar refractivity (Wildman–Crippen MR) is 150 cm³/mol. The van der Waals surface area contributed by atoms with Gasteiger partial charge in [-0.1, -0.05) is 17.4 Å². The van der Waals surface area contributed by atoms with Crippen LogP contribution in [0.3, 0.4) is 0 Å². The monoisotopic (exact) mass is 564 g/mol. The molecule has 3 rings (SSSR count). The Kier molecular flexibility index (Phi) is 10.6. The molecule has 1 amide bonds. The van der Waals surface area contributed by atoms with E-state index in [9.17, 15) is 13.2 Å². The maximum Gasteiger partial charge on any atom is 0.260 e. The second-order valence-electron chi connectivity index (χ2n) is 8.93. The van der Waals surface area contributed by atoms with Gasteiger partial charge in [0.25, 0.3) is 5.91 Å². The van der Waals surface area contributed by atoms with Gasteiger partial charge in [-0.05, 0) is 56.9 Å². The highest BCUT2D eigenvalue weighted by atomic mass is 32.2. The van der Waals surface area contributed by atoms with Crippen molar-refractivity contribution in [2.45, 2.75) is 11.8 Å². The number of aryl methyl sites for hydroxylation is 1. The molecular weight excluding hydrogens is 528 g/mol. The first-order chi connectivity index (χ1) is 18.1. The zero-order valence-electron chi connectivity index (χ0n) is 22.8. The second kappa shape index (κ2) is 13.5. The van der Waals surface area contributed by atoms with E-state index in [2.05, 4.69) is 0 Å². The van der Waals surface area contributed by atoms with E-state index >= 15 is 0 Å². The first-order valence-electron chi connectivity index (χ1n) is 12.1. The molecule has 0 aliphatic carbocycles. The van der Waals surface area contributed by atoms with Gasteiger partial charge < -0.3 is 19.1 Å². The van der Waals surface area contributed by atoms with Crippen LogP contribution in [0.25, 0.3) is 10.2 Å². The van der Waals surface area contributed by atoms with Crippen molar-refractivity contribution in [1.82, 2.24) is 14.2 Å². The van der Waals surface area contributed by atoms with Crippen LogP contribution in [0.5, 0.6) is 5.75 Å². The number of carbonyl (C=O) groups excluding carboxylic acids is 1. The SMILES string of the molecule is COCCN(CCOC)S(=O)(=O)c1ccc(C(=O)N(CCN(C)C)c2nc3c(OC)ccc(C)c3s2)cc1. The van der Waals surface area contributed by atoms with E-state index in [1.165, 1.54) is 42.0 Å². The van der Waals surface area contributed by atoms with Crippen LogP contribution in [-0.2, 0) is 19.5 Å². The quantitative estimate of drug-likeness (QED) is 0.294. The lowest BCUT2D eigenvalue weighted by molar-refractivity contribution is 0.0985. The van der Waals surface area contributed by atoms with Gasteiger partial charge in [-0.2, -0.15) is 4.31 Å². The molecule has 1 heterocycles. The third kappa shape index (κ3) is 6.87. The number of carbonyl (C=O) groups is 1. The Morgan fingerprint density at radius 1 is 0.921 bits per heavy atom. The molecule has 12 heteroatoms. The van der Waals surface area contributed by atoms with Gasteiger partial charge in [-0.25, -0.2) is 13.4 Å². The molecule has 3 aromatic rings. The number of aromatic nitrogens is 1. The van der Waals surface area contributed by atoms with Crippen molar-refractivity contribution in [2.75, 3.05) is 79.7 Å². The number of sulfonamides is 1. The highest BCUT2D eigenvalue weighted by Crippen LogP contribution is 2.36. The number of fused-ring (bicyclic) bond motifs is 1. The standard InChI is InChI=1S/C26H36N4O6S2/c1-19-7-12-22(36-6)23-24(19)37-26(27-23)30(14-13-28(2)3)25(31)20-8-10-21(11-9-20)38(32,33)29(15-17-34-4)16-18-35-5/h7-12H,13-18H2,1-6H3. The second-order valence-corrected chi connectivity index (χ2v) is 11.8. The van der Waals surface area contributed by atoms with E-state index in [1.807, 2.05) is 38.1 Å². The molecule has 0 N–H and O–H groups in total. The van der Waals surface area contributed by atoms with Crippen molar-refractivity contribution in [3.63, 3.8) is 0 Å². The first kappa shape index (κ1) is 29.9. The van der Waals surface area contributed by atoms with Crippen LogP contribution < -0.4 is 9.64 Å². The van der Waals surface area contributed by atoms with E-state index in [-0.39, 0.29) is 37.1 Å². The normalized spacial score (nSPS) is 12.0. The summed E-state index contributed by atoms with van der Waals surface area (Å²) < 4.78 is 44.4. The van der Waals surface area contributed by atoms with Crippen LogP contribution in [0.2, 0.25) is 0 Å². The van der Waals surface area contributed by atoms with Crippen LogP contribution in [0.4, 0.5) is 5.13 Å². The number of likely N-dealkylation sites (N-methyl/N-ethyl adjacent to an activating group) is 1. The van der Waals surface area contributed by atoms with Gasteiger partial charge in [-0.3, -0.25) is 9.69 Å². The molecule has 0 unspecified atom stereocenters. The molecule has 0 atom stereocenters. The maximum atomic E-state index is 13.7. The maximum absolute atomic E-state index is 13.7. The summed E-state index contributed by atoms with van der Waals surface area (Å²) in [5, 5.41) is 0.557. The van der Waals surface area contributed by atoms with E-state index < -0.39 is 10.0 Å². The highest BCUT2D eigenvalue weighted by molar-refractivity contribution is 7.89. The van der Waals surface area contributed by atoms with Crippen molar-refractivity contribution in [3.05, 3.63) is 47.5 Å². The smallest absolute Gasteiger partial charge is 0.260 e. The van der Waals surface area contributed by atoms with Crippen molar-refractivity contribution in [3.8, 4) is 5.75 Å². The minimum atomic E-state index is -3.79. The Bertz CT molecular complexity index is 1320. The Balaban J connectivity index is 1.94. The van der Waals surface area contributed by atoms with Gasteiger partial charge in [0.1, 0.15) is 11.3 Å². The molecule has 0 fully saturated rings. The molecule has 0 radical (unpaired) electrons. The summed E-state index contributed by atoms with van der Waals surface area (Å²) in [6.07, 6.45) is 0. The number of thiazole rings is 1. The molecule has 208 valence electrons.